The Labute approximate surface area is 193 Å². The molecule has 9 nitrogen and oxygen atoms in total. The van der Waals surface area contributed by atoms with Crippen LogP contribution in [-0.2, 0) is 0 Å². The van der Waals surface area contributed by atoms with Gasteiger partial charge in [-0.1, -0.05) is 55.5 Å². The van der Waals surface area contributed by atoms with E-state index < -0.39 is 0 Å². The summed E-state index contributed by atoms with van der Waals surface area (Å²) in [4.78, 5) is 6.64. The molecule has 9 heteroatoms. The normalized spacial score (nSPS) is 12.5. The van der Waals surface area contributed by atoms with Gasteiger partial charge in [0, 0.05) is 30.2 Å². The van der Waals surface area contributed by atoms with E-state index in [1.165, 1.54) is 0 Å². The number of anilines is 1. The van der Waals surface area contributed by atoms with Crippen LogP contribution in [0.15, 0.2) is 60.9 Å². The second-order valence-corrected chi connectivity index (χ2v) is 7.79. The maximum absolute atomic E-state index is 9.61. The third-order valence-electron chi connectivity index (χ3n) is 5.89. The highest BCUT2D eigenvalue weighted by molar-refractivity contribution is 6.00. The predicted octanol–water partition coefficient (Wildman–Crippen LogP) is 2.97. The number of nitrogen functional groups attached to an aromatic ring is 1. The van der Waals surface area contributed by atoms with E-state index >= 15 is 0 Å². The minimum absolute atomic E-state index is 0.354. The van der Waals surface area contributed by atoms with E-state index in [9.17, 15) is 5.21 Å². The van der Waals surface area contributed by atoms with Crippen LogP contribution in [0.2, 0.25) is 0 Å². The topological polar surface area (TPSA) is 117 Å². The molecule has 0 bridgehead atoms. The lowest BCUT2D eigenvalue weighted by Gasteiger charge is -2.22. The van der Waals surface area contributed by atoms with E-state index in [-0.39, 0.29) is 6.17 Å². The number of nitrogens with two attached hydrogens (primary N) is 1. The molecule has 1 unspecified atom stereocenters. The lowest BCUT2D eigenvalue weighted by molar-refractivity contribution is 0.108. The number of pyridine rings is 1. The van der Waals surface area contributed by atoms with Crippen molar-refractivity contribution in [3.8, 4) is 16.9 Å². The minimum atomic E-state index is -0.354. The van der Waals surface area contributed by atoms with Crippen LogP contribution >= 0.6 is 0 Å². The summed E-state index contributed by atoms with van der Waals surface area (Å²) in [7, 11) is 0. The van der Waals surface area contributed by atoms with E-state index in [0.29, 0.717) is 5.82 Å². The van der Waals surface area contributed by atoms with Gasteiger partial charge in [0.25, 0.3) is 0 Å². The number of nitrogens with zero attached hydrogens (tertiary/aromatic N) is 5. The summed E-state index contributed by atoms with van der Waals surface area (Å²) in [5.41, 5.74) is 11.8. The zero-order chi connectivity index (χ0) is 23.2. The number of likely N-dealkylation sites (N-methyl/N-ethyl adjacent to an activating group) is 1. The van der Waals surface area contributed by atoms with Crippen molar-refractivity contribution in [2.75, 3.05) is 31.9 Å². The number of benzene rings is 2. The van der Waals surface area contributed by atoms with Gasteiger partial charge in [0.1, 0.15) is 17.7 Å². The minimum Gasteiger partial charge on any atom is -0.383 e. The number of hydrogen-bond acceptors (Lipinski definition) is 8. The summed E-state index contributed by atoms with van der Waals surface area (Å²) >= 11 is 0. The molecule has 0 saturated carbocycles. The van der Waals surface area contributed by atoms with Crippen molar-refractivity contribution in [3.05, 3.63) is 66.5 Å². The smallest absolute Gasteiger partial charge is 0.131 e. The van der Waals surface area contributed by atoms with Gasteiger partial charge in [0.15, 0.2) is 0 Å². The third-order valence-corrected chi connectivity index (χ3v) is 5.89. The van der Waals surface area contributed by atoms with Gasteiger partial charge in [0.05, 0.1) is 11.9 Å². The van der Waals surface area contributed by atoms with Gasteiger partial charge in [-0.3, -0.25) is 5.32 Å². The highest BCUT2D eigenvalue weighted by Crippen LogP contribution is 2.29. The van der Waals surface area contributed by atoms with Crippen molar-refractivity contribution in [2.24, 2.45) is 0 Å². The molecule has 0 aliphatic carbocycles. The Morgan fingerprint density at radius 1 is 1.06 bits per heavy atom. The van der Waals surface area contributed by atoms with Crippen LogP contribution in [0.1, 0.15) is 25.6 Å². The van der Waals surface area contributed by atoms with E-state index in [0.717, 1.165) is 59.5 Å². The summed E-state index contributed by atoms with van der Waals surface area (Å²) < 4.78 is 1.72. The fraction of sp³-hybridized carbons (Fsp3) is 0.292. The van der Waals surface area contributed by atoms with Gasteiger partial charge in [-0.15, -0.1) is 5.10 Å². The van der Waals surface area contributed by atoms with Crippen LogP contribution in [-0.4, -0.2) is 56.3 Å². The van der Waals surface area contributed by atoms with Gasteiger partial charge in [-0.25, -0.2) is 9.67 Å². The molecule has 0 saturated heterocycles. The first-order chi connectivity index (χ1) is 16.1. The monoisotopic (exact) mass is 446 g/mol. The quantitative estimate of drug-likeness (QED) is 0.217. The molecule has 5 N–H and O–H groups in total. The summed E-state index contributed by atoms with van der Waals surface area (Å²) in [5, 5.41) is 23.5. The van der Waals surface area contributed by atoms with Crippen molar-refractivity contribution in [2.45, 2.75) is 20.0 Å². The highest BCUT2D eigenvalue weighted by atomic mass is 16.5. The van der Waals surface area contributed by atoms with E-state index in [2.05, 4.69) is 44.8 Å². The van der Waals surface area contributed by atoms with Gasteiger partial charge in [0.2, 0.25) is 0 Å². The van der Waals surface area contributed by atoms with Gasteiger partial charge in [-0.05, 0) is 36.2 Å². The molecule has 2 aromatic heterocycles. The van der Waals surface area contributed by atoms with Crippen LogP contribution < -0.4 is 16.5 Å². The third kappa shape index (κ3) is 5.01. The molecule has 2 aromatic carbocycles. The second-order valence-electron chi connectivity index (χ2n) is 7.79. The van der Waals surface area contributed by atoms with E-state index in [1.807, 2.05) is 54.7 Å². The fourth-order valence-corrected chi connectivity index (χ4v) is 3.90. The molecule has 0 radical (unpaired) electrons. The molecule has 0 amide bonds. The van der Waals surface area contributed by atoms with Gasteiger partial charge < -0.3 is 15.8 Å². The Kier molecular flexibility index (Phi) is 7.26. The zero-order valence-electron chi connectivity index (χ0n) is 18.9. The maximum atomic E-state index is 9.61. The molecule has 0 aliphatic rings. The first-order valence-electron chi connectivity index (χ1n) is 11.2. The summed E-state index contributed by atoms with van der Waals surface area (Å²) in [6, 6.07) is 15.7. The van der Waals surface area contributed by atoms with Crippen LogP contribution in [0.25, 0.3) is 27.7 Å². The van der Waals surface area contributed by atoms with Crippen molar-refractivity contribution in [3.63, 3.8) is 0 Å². The van der Waals surface area contributed by atoms with Crippen molar-refractivity contribution in [1.29, 1.82) is 0 Å². The van der Waals surface area contributed by atoms with E-state index in [1.54, 1.807) is 10.9 Å². The van der Waals surface area contributed by atoms with Gasteiger partial charge >= 0.3 is 0 Å². The predicted molar refractivity (Wildman–Crippen MR) is 130 cm³/mol. The van der Waals surface area contributed by atoms with Crippen LogP contribution in [0.4, 0.5) is 5.82 Å². The molecular formula is C24H30N8O. The number of aromatic nitrogens is 4. The SMILES string of the molecule is CCN(CC)CCNC(NO)c1ccc(-n2cc(-c3cnc(N)c4ccccc34)nn2)cc1. The first-order valence-corrected chi connectivity index (χ1v) is 11.2. The number of rotatable bonds is 10. The summed E-state index contributed by atoms with van der Waals surface area (Å²) in [6.45, 7) is 7.98. The number of fused-ring (bicyclic) bond motifs is 1. The lowest BCUT2D eigenvalue weighted by Crippen LogP contribution is -2.38. The Morgan fingerprint density at radius 2 is 1.79 bits per heavy atom. The Bertz CT molecular complexity index is 1190. The first kappa shape index (κ1) is 22.8. The Morgan fingerprint density at radius 3 is 2.48 bits per heavy atom. The van der Waals surface area contributed by atoms with Crippen LogP contribution in [0.3, 0.4) is 0 Å². The maximum Gasteiger partial charge on any atom is 0.131 e. The number of nitrogens with one attached hydrogen (secondary N) is 2. The summed E-state index contributed by atoms with van der Waals surface area (Å²) in [5.74, 6) is 0.495. The molecule has 0 fully saturated rings. The molecule has 4 aromatic rings. The standard InChI is InChI=1S/C24H30N8O/c1-3-31(4-2)14-13-26-24(29-33)17-9-11-18(12-10-17)32-16-22(28-30-32)21-15-27-23(25)20-8-6-5-7-19(20)21/h5-12,15-16,24,26,29,33H,3-4,13-14H2,1-2H3,(H2,25,27). The molecule has 2 heterocycles. The zero-order valence-corrected chi connectivity index (χ0v) is 18.9. The Balaban J connectivity index is 1.50. The van der Waals surface area contributed by atoms with Crippen molar-refractivity contribution in [1.82, 2.24) is 35.7 Å². The molecule has 4 rings (SSSR count). The van der Waals surface area contributed by atoms with Crippen molar-refractivity contribution >= 4 is 16.6 Å². The molecule has 0 aliphatic heterocycles. The largest absolute Gasteiger partial charge is 0.383 e. The Hall–Kier alpha value is -3.37. The number of hydroxylamine groups is 1. The second kappa shape index (κ2) is 10.5. The molecule has 1 atom stereocenters. The lowest BCUT2D eigenvalue weighted by atomic mass is 10.1. The average Bonchev–Trinajstić information content (AvgIpc) is 3.35. The average molecular weight is 447 g/mol. The van der Waals surface area contributed by atoms with Crippen LogP contribution in [0.5, 0.6) is 0 Å². The molecule has 172 valence electrons. The molecule has 33 heavy (non-hydrogen) atoms. The number of hydrogen-bond donors (Lipinski definition) is 4. The molecular weight excluding hydrogens is 416 g/mol. The van der Waals surface area contributed by atoms with Crippen molar-refractivity contribution < 1.29 is 5.21 Å². The highest BCUT2D eigenvalue weighted by Gasteiger charge is 2.13. The summed E-state index contributed by atoms with van der Waals surface area (Å²) in [6.07, 6.45) is 3.25. The molecule has 0 spiro atoms. The van der Waals surface area contributed by atoms with Crippen LogP contribution in [0, 0.1) is 0 Å². The van der Waals surface area contributed by atoms with E-state index in [4.69, 9.17) is 5.73 Å². The van der Waals surface area contributed by atoms with Gasteiger partial charge in [-0.2, -0.15) is 5.48 Å². The fourth-order valence-electron chi connectivity index (χ4n) is 3.90.